The summed E-state index contributed by atoms with van der Waals surface area (Å²) in [5, 5.41) is 13.0. The molecule has 1 aromatic heterocycles. The third-order valence-corrected chi connectivity index (χ3v) is 6.61. The fourth-order valence-electron chi connectivity index (χ4n) is 4.73. The maximum atomic E-state index is 13.6. The molecule has 8 heteroatoms. The summed E-state index contributed by atoms with van der Waals surface area (Å²) in [5.74, 6) is 2.15. The average Bonchev–Trinajstić information content (AvgIpc) is 3.53. The number of benzene rings is 3. The van der Waals surface area contributed by atoms with E-state index in [1.165, 1.54) is 0 Å². The average molecular weight is 451 g/mol. The molecule has 0 aliphatic carbocycles. The Morgan fingerprint density at radius 3 is 2.88 bits per heavy atom. The first-order valence-corrected chi connectivity index (χ1v) is 10.7. The van der Waals surface area contributed by atoms with Gasteiger partial charge in [0, 0.05) is 35.2 Å². The molecule has 7 nitrogen and oxygen atoms in total. The van der Waals surface area contributed by atoms with Crippen molar-refractivity contribution in [2.24, 2.45) is 0 Å². The van der Waals surface area contributed by atoms with Crippen molar-refractivity contribution < 1.29 is 24.1 Å². The number of ether oxygens (including phenoxy) is 3. The van der Waals surface area contributed by atoms with Crippen molar-refractivity contribution in [2.75, 3.05) is 31.2 Å². The molecule has 162 valence electrons. The molecular formula is C24H19ClN2O5. The minimum atomic E-state index is -0.204. The van der Waals surface area contributed by atoms with Crippen molar-refractivity contribution in [3.63, 3.8) is 0 Å². The van der Waals surface area contributed by atoms with Crippen molar-refractivity contribution >= 4 is 44.9 Å². The predicted molar refractivity (Wildman–Crippen MR) is 122 cm³/mol. The van der Waals surface area contributed by atoms with Gasteiger partial charge in [-0.2, -0.15) is 0 Å². The van der Waals surface area contributed by atoms with Gasteiger partial charge in [-0.15, -0.1) is 11.6 Å². The lowest BCUT2D eigenvalue weighted by molar-refractivity contribution is 0.0984. The van der Waals surface area contributed by atoms with Crippen molar-refractivity contribution in [3.8, 4) is 23.0 Å². The predicted octanol–water partition coefficient (Wildman–Crippen LogP) is 4.75. The van der Waals surface area contributed by atoms with E-state index in [1.54, 1.807) is 30.2 Å². The molecule has 0 spiro atoms. The highest BCUT2D eigenvalue weighted by Gasteiger charge is 2.36. The van der Waals surface area contributed by atoms with Crippen molar-refractivity contribution in [2.45, 2.75) is 5.92 Å². The molecule has 0 radical (unpaired) electrons. The van der Waals surface area contributed by atoms with E-state index in [9.17, 15) is 9.90 Å². The summed E-state index contributed by atoms with van der Waals surface area (Å²) >= 11 is 6.32. The maximum Gasteiger partial charge on any atom is 0.274 e. The smallest absolute Gasteiger partial charge is 0.274 e. The molecule has 3 aromatic carbocycles. The zero-order valence-electron chi connectivity index (χ0n) is 17.1. The van der Waals surface area contributed by atoms with Gasteiger partial charge >= 0.3 is 0 Å². The summed E-state index contributed by atoms with van der Waals surface area (Å²) < 4.78 is 16.4. The van der Waals surface area contributed by atoms with Crippen LogP contribution in [0.15, 0.2) is 42.5 Å². The van der Waals surface area contributed by atoms with Gasteiger partial charge in [0.1, 0.15) is 17.2 Å². The van der Waals surface area contributed by atoms with E-state index < -0.39 is 0 Å². The first-order chi connectivity index (χ1) is 15.6. The second kappa shape index (κ2) is 6.97. The Balaban J connectivity index is 1.48. The summed E-state index contributed by atoms with van der Waals surface area (Å²) in [6.45, 7) is 0.579. The van der Waals surface area contributed by atoms with Crippen LogP contribution in [-0.4, -0.2) is 42.3 Å². The van der Waals surface area contributed by atoms with E-state index in [2.05, 4.69) is 4.98 Å². The lowest BCUT2D eigenvalue weighted by atomic mass is 9.95. The first kappa shape index (κ1) is 19.1. The van der Waals surface area contributed by atoms with E-state index in [0.717, 1.165) is 21.9 Å². The first-order valence-electron chi connectivity index (χ1n) is 10.2. The van der Waals surface area contributed by atoms with E-state index in [1.807, 2.05) is 24.3 Å². The zero-order valence-corrected chi connectivity index (χ0v) is 17.9. The summed E-state index contributed by atoms with van der Waals surface area (Å²) in [6.07, 6.45) is 0. The van der Waals surface area contributed by atoms with Gasteiger partial charge in [-0.05, 0) is 47.3 Å². The number of methoxy groups -OCH3 is 1. The van der Waals surface area contributed by atoms with E-state index in [-0.39, 0.29) is 24.4 Å². The molecule has 32 heavy (non-hydrogen) atoms. The number of aromatic amines is 1. The highest BCUT2D eigenvalue weighted by molar-refractivity contribution is 6.19. The number of phenols is 1. The number of anilines is 1. The van der Waals surface area contributed by atoms with Crippen LogP contribution in [0.25, 0.3) is 21.7 Å². The second-order valence-electron chi connectivity index (χ2n) is 7.95. The normalized spacial score (nSPS) is 16.7. The number of fused-ring (bicyclic) bond motifs is 6. The highest BCUT2D eigenvalue weighted by Crippen LogP contribution is 2.47. The fraction of sp³-hybridized carbons (Fsp3) is 0.208. The third kappa shape index (κ3) is 2.64. The third-order valence-electron chi connectivity index (χ3n) is 6.24. The number of H-pyrrole nitrogens is 1. The number of aromatic hydroxyl groups is 1. The molecule has 0 fully saturated rings. The number of phenolic OH excluding ortho intramolecular Hbond substituents is 1. The number of carbonyl (C=O) groups excluding carboxylic acids is 1. The van der Waals surface area contributed by atoms with Crippen LogP contribution in [0.2, 0.25) is 0 Å². The lowest BCUT2D eigenvalue weighted by Gasteiger charge is -2.17. The Bertz CT molecular complexity index is 1410. The lowest BCUT2D eigenvalue weighted by Crippen LogP contribution is -2.30. The Labute approximate surface area is 188 Å². The molecule has 0 saturated heterocycles. The topological polar surface area (TPSA) is 84.0 Å². The largest absolute Gasteiger partial charge is 0.507 e. The molecule has 2 aliphatic rings. The standard InChI is InChI=1S/C24H19ClN2O5/c1-30-13-2-3-14-15(6-13)22-12(9-25)10-27(19(22)8-20(14)28)24(29)18-7-16-17(26-18)4-5-21-23(16)32-11-31-21/h2-8,12,26,28H,9-11H2,1H3/t12-/m1/s1. The summed E-state index contributed by atoms with van der Waals surface area (Å²) in [6, 6.07) is 12.6. The van der Waals surface area contributed by atoms with Crippen LogP contribution in [-0.2, 0) is 0 Å². The van der Waals surface area contributed by atoms with Crippen LogP contribution in [0.1, 0.15) is 22.0 Å². The Hall–Kier alpha value is -3.58. The molecule has 3 heterocycles. The van der Waals surface area contributed by atoms with Crippen molar-refractivity contribution in [1.82, 2.24) is 4.98 Å². The molecule has 2 N–H and O–H groups in total. The quantitative estimate of drug-likeness (QED) is 0.440. The number of rotatable bonds is 3. The highest BCUT2D eigenvalue weighted by atomic mass is 35.5. The molecule has 6 rings (SSSR count). The zero-order chi connectivity index (χ0) is 22.0. The summed E-state index contributed by atoms with van der Waals surface area (Å²) in [4.78, 5) is 18.4. The number of hydrogen-bond acceptors (Lipinski definition) is 5. The number of nitrogens with one attached hydrogen (secondary N) is 1. The van der Waals surface area contributed by atoms with Crippen LogP contribution >= 0.6 is 11.6 Å². The number of nitrogens with zero attached hydrogens (tertiary/aromatic N) is 1. The number of amides is 1. The van der Waals surface area contributed by atoms with Crippen LogP contribution in [0.5, 0.6) is 23.0 Å². The minimum Gasteiger partial charge on any atom is -0.507 e. The van der Waals surface area contributed by atoms with Gasteiger partial charge in [0.25, 0.3) is 5.91 Å². The molecule has 4 aromatic rings. The number of alkyl halides is 1. The monoisotopic (exact) mass is 450 g/mol. The number of hydrogen-bond donors (Lipinski definition) is 2. The van der Waals surface area contributed by atoms with Gasteiger partial charge in [-0.1, -0.05) is 0 Å². The molecule has 1 amide bonds. The van der Waals surface area contributed by atoms with Gasteiger partial charge in [0.2, 0.25) is 6.79 Å². The second-order valence-corrected chi connectivity index (χ2v) is 8.26. The fourth-order valence-corrected chi connectivity index (χ4v) is 4.98. The molecular weight excluding hydrogens is 432 g/mol. The Morgan fingerprint density at radius 1 is 1.19 bits per heavy atom. The van der Waals surface area contributed by atoms with Gasteiger partial charge in [-0.25, -0.2) is 0 Å². The molecule has 1 atom stereocenters. The van der Waals surface area contributed by atoms with E-state index >= 15 is 0 Å². The van der Waals surface area contributed by atoms with Gasteiger partial charge in [0.15, 0.2) is 11.5 Å². The Kier molecular flexibility index (Phi) is 4.16. The minimum absolute atomic E-state index is 0.0730. The molecule has 0 bridgehead atoms. The number of aromatic nitrogens is 1. The van der Waals surface area contributed by atoms with E-state index in [4.69, 9.17) is 25.8 Å². The van der Waals surface area contributed by atoms with E-state index in [0.29, 0.717) is 46.4 Å². The van der Waals surface area contributed by atoms with Crippen molar-refractivity contribution in [1.29, 1.82) is 0 Å². The number of halogens is 1. The summed E-state index contributed by atoms with van der Waals surface area (Å²) in [5.41, 5.74) is 2.81. The van der Waals surface area contributed by atoms with Crippen LogP contribution in [0, 0.1) is 0 Å². The SMILES string of the molecule is COc1ccc2c(O)cc3c(c2c1)[C@H](CCl)CN3C(=O)c1cc2c3c(ccc2[nH]1)OCO3. The van der Waals surface area contributed by atoms with Gasteiger partial charge in [-0.3, -0.25) is 4.79 Å². The van der Waals surface area contributed by atoms with Crippen LogP contribution < -0.4 is 19.1 Å². The number of carbonyl (C=O) groups is 1. The van der Waals surface area contributed by atoms with Crippen molar-refractivity contribution in [3.05, 3.63) is 53.7 Å². The van der Waals surface area contributed by atoms with Crippen LogP contribution in [0.4, 0.5) is 5.69 Å². The molecule has 0 saturated carbocycles. The molecule has 2 aliphatic heterocycles. The van der Waals surface area contributed by atoms with Crippen LogP contribution in [0.3, 0.4) is 0 Å². The van der Waals surface area contributed by atoms with Gasteiger partial charge < -0.3 is 29.2 Å². The summed E-state index contributed by atoms with van der Waals surface area (Å²) in [7, 11) is 1.60. The molecule has 0 unspecified atom stereocenters. The maximum absolute atomic E-state index is 13.6. The Morgan fingerprint density at radius 2 is 2.06 bits per heavy atom. The van der Waals surface area contributed by atoms with Gasteiger partial charge in [0.05, 0.1) is 18.3 Å².